The van der Waals surface area contributed by atoms with Gasteiger partial charge in [0.2, 0.25) is 0 Å². The Hall–Kier alpha value is -2.17. The van der Waals surface area contributed by atoms with Gasteiger partial charge in [0.05, 0.1) is 0 Å². The fraction of sp³-hybridized carbons (Fsp3) is 0.438. The number of nitrogens with zero attached hydrogens (tertiary/aromatic N) is 1. The molecule has 0 aromatic carbocycles. The molecule has 2 N–H and O–H groups in total. The van der Waals surface area contributed by atoms with E-state index in [0.29, 0.717) is 6.54 Å². The smallest absolute Gasteiger partial charge is 0.270 e. The highest BCUT2D eigenvalue weighted by molar-refractivity contribution is 5.96. The van der Waals surface area contributed by atoms with Crippen LogP contribution in [0, 0.1) is 0 Å². The Balaban J connectivity index is 2.00. The lowest BCUT2D eigenvalue weighted by molar-refractivity contribution is 0.0922. The number of carbonyl (C=O) groups is 2. The monoisotopic (exact) mass is 287 g/mol. The first-order valence-electron chi connectivity index (χ1n) is 7.37. The van der Waals surface area contributed by atoms with Gasteiger partial charge in [0.25, 0.3) is 11.8 Å². The van der Waals surface area contributed by atoms with E-state index in [1.54, 1.807) is 24.3 Å². The SMILES string of the molecule is C=CCNC(=O)c1cccc(C(=O)NC2CCCCC2)n1. The van der Waals surface area contributed by atoms with Crippen LogP contribution in [0.15, 0.2) is 30.9 Å². The van der Waals surface area contributed by atoms with E-state index in [1.807, 2.05) is 0 Å². The first-order chi connectivity index (χ1) is 10.2. The average Bonchev–Trinajstić information content (AvgIpc) is 2.53. The lowest BCUT2D eigenvalue weighted by Crippen LogP contribution is -2.37. The third-order valence-corrected chi connectivity index (χ3v) is 3.56. The molecule has 0 spiro atoms. The second kappa shape index (κ2) is 7.57. The Kier molecular flexibility index (Phi) is 5.49. The molecule has 2 amide bonds. The van der Waals surface area contributed by atoms with Gasteiger partial charge in [-0.05, 0) is 25.0 Å². The number of amides is 2. The number of hydrogen-bond acceptors (Lipinski definition) is 3. The fourth-order valence-electron chi connectivity index (χ4n) is 2.45. The Morgan fingerprint density at radius 3 is 2.52 bits per heavy atom. The van der Waals surface area contributed by atoms with Crippen LogP contribution in [0.4, 0.5) is 0 Å². The molecule has 0 bridgehead atoms. The van der Waals surface area contributed by atoms with Crippen LogP contribution in [0.1, 0.15) is 53.1 Å². The van der Waals surface area contributed by atoms with Gasteiger partial charge in [-0.15, -0.1) is 6.58 Å². The highest BCUT2D eigenvalue weighted by Gasteiger charge is 2.18. The molecule has 1 aromatic rings. The van der Waals surface area contributed by atoms with Crippen LogP contribution in [-0.4, -0.2) is 29.4 Å². The summed E-state index contributed by atoms with van der Waals surface area (Å²) in [7, 11) is 0. The summed E-state index contributed by atoms with van der Waals surface area (Å²) in [6, 6.07) is 5.12. The Morgan fingerprint density at radius 2 is 1.86 bits per heavy atom. The Morgan fingerprint density at radius 1 is 1.19 bits per heavy atom. The quantitative estimate of drug-likeness (QED) is 0.814. The summed E-state index contributed by atoms with van der Waals surface area (Å²) < 4.78 is 0. The fourth-order valence-corrected chi connectivity index (χ4v) is 2.45. The first-order valence-corrected chi connectivity index (χ1v) is 7.37. The molecule has 21 heavy (non-hydrogen) atoms. The van der Waals surface area contributed by atoms with Gasteiger partial charge in [0.1, 0.15) is 11.4 Å². The molecule has 1 saturated carbocycles. The second-order valence-electron chi connectivity index (χ2n) is 5.22. The highest BCUT2D eigenvalue weighted by Crippen LogP contribution is 2.17. The normalized spacial score (nSPS) is 15.2. The van der Waals surface area contributed by atoms with Gasteiger partial charge < -0.3 is 10.6 Å². The lowest BCUT2D eigenvalue weighted by Gasteiger charge is -2.22. The maximum Gasteiger partial charge on any atom is 0.270 e. The predicted molar refractivity (Wildman–Crippen MR) is 81.1 cm³/mol. The molecule has 0 saturated heterocycles. The van der Waals surface area contributed by atoms with Crippen molar-refractivity contribution < 1.29 is 9.59 Å². The van der Waals surface area contributed by atoms with Gasteiger partial charge >= 0.3 is 0 Å². The molecule has 0 radical (unpaired) electrons. The number of carbonyl (C=O) groups excluding carboxylic acids is 2. The van der Waals surface area contributed by atoms with Crippen molar-refractivity contribution in [2.24, 2.45) is 0 Å². The summed E-state index contributed by atoms with van der Waals surface area (Å²) in [6.07, 6.45) is 7.18. The van der Waals surface area contributed by atoms with Crippen LogP contribution in [-0.2, 0) is 0 Å². The molecule has 1 fully saturated rings. The molecule has 0 unspecified atom stereocenters. The van der Waals surface area contributed by atoms with E-state index in [-0.39, 0.29) is 29.2 Å². The molecular formula is C16H21N3O2. The molecule has 5 heteroatoms. The average molecular weight is 287 g/mol. The summed E-state index contributed by atoms with van der Waals surface area (Å²) in [4.78, 5) is 28.1. The summed E-state index contributed by atoms with van der Waals surface area (Å²) in [6.45, 7) is 3.91. The van der Waals surface area contributed by atoms with Crippen LogP contribution < -0.4 is 10.6 Å². The third-order valence-electron chi connectivity index (χ3n) is 3.56. The van der Waals surface area contributed by atoms with Crippen LogP contribution in [0.3, 0.4) is 0 Å². The molecule has 2 rings (SSSR count). The molecule has 0 aliphatic heterocycles. The van der Waals surface area contributed by atoms with E-state index in [9.17, 15) is 9.59 Å². The van der Waals surface area contributed by atoms with E-state index in [4.69, 9.17) is 0 Å². The van der Waals surface area contributed by atoms with E-state index in [1.165, 1.54) is 6.42 Å². The van der Waals surface area contributed by atoms with Crippen molar-refractivity contribution in [3.05, 3.63) is 42.2 Å². The molecular weight excluding hydrogens is 266 g/mol. The van der Waals surface area contributed by atoms with Crippen molar-refractivity contribution in [3.8, 4) is 0 Å². The topological polar surface area (TPSA) is 71.1 Å². The molecule has 5 nitrogen and oxygen atoms in total. The zero-order valence-corrected chi connectivity index (χ0v) is 12.1. The van der Waals surface area contributed by atoms with Crippen LogP contribution >= 0.6 is 0 Å². The van der Waals surface area contributed by atoms with Crippen molar-refractivity contribution in [3.63, 3.8) is 0 Å². The molecule has 1 heterocycles. The summed E-state index contributed by atoms with van der Waals surface area (Å²) in [5, 5.41) is 5.64. The maximum absolute atomic E-state index is 12.2. The minimum atomic E-state index is -0.304. The zero-order valence-electron chi connectivity index (χ0n) is 12.1. The maximum atomic E-state index is 12.2. The molecule has 112 valence electrons. The van der Waals surface area contributed by atoms with Crippen molar-refractivity contribution in [2.45, 2.75) is 38.1 Å². The van der Waals surface area contributed by atoms with E-state index >= 15 is 0 Å². The minimum Gasteiger partial charge on any atom is -0.348 e. The number of hydrogen-bond donors (Lipinski definition) is 2. The summed E-state index contributed by atoms with van der Waals surface area (Å²) in [5.41, 5.74) is 0.528. The largest absolute Gasteiger partial charge is 0.348 e. The van der Waals surface area contributed by atoms with Gasteiger partial charge in [-0.3, -0.25) is 9.59 Å². The molecule has 1 aliphatic carbocycles. The van der Waals surface area contributed by atoms with Crippen molar-refractivity contribution >= 4 is 11.8 Å². The number of nitrogens with one attached hydrogen (secondary N) is 2. The van der Waals surface area contributed by atoms with E-state index < -0.39 is 0 Å². The Labute approximate surface area is 124 Å². The van der Waals surface area contributed by atoms with Crippen LogP contribution in [0.25, 0.3) is 0 Å². The lowest BCUT2D eigenvalue weighted by atomic mass is 9.95. The van der Waals surface area contributed by atoms with Crippen molar-refractivity contribution in [1.82, 2.24) is 15.6 Å². The van der Waals surface area contributed by atoms with Gasteiger partial charge in [-0.1, -0.05) is 31.4 Å². The Bertz CT molecular complexity index is 522. The molecule has 1 aliphatic rings. The van der Waals surface area contributed by atoms with Crippen LogP contribution in [0.2, 0.25) is 0 Å². The van der Waals surface area contributed by atoms with Crippen molar-refractivity contribution in [1.29, 1.82) is 0 Å². The third kappa shape index (κ3) is 4.41. The van der Waals surface area contributed by atoms with Gasteiger partial charge in [0.15, 0.2) is 0 Å². The minimum absolute atomic E-state index is 0.208. The van der Waals surface area contributed by atoms with E-state index in [0.717, 1.165) is 25.7 Å². The van der Waals surface area contributed by atoms with Crippen LogP contribution in [0.5, 0.6) is 0 Å². The van der Waals surface area contributed by atoms with Gasteiger partial charge in [-0.25, -0.2) is 4.98 Å². The highest BCUT2D eigenvalue weighted by atomic mass is 16.2. The predicted octanol–water partition coefficient (Wildman–Crippen LogP) is 2.06. The van der Waals surface area contributed by atoms with Crippen molar-refractivity contribution in [2.75, 3.05) is 6.54 Å². The second-order valence-corrected chi connectivity index (χ2v) is 5.22. The molecule has 0 atom stereocenters. The zero-order chi connectivity index (χ0) is 15.1. The van der Waals surface area contributed by atoms with Gasteiger partial charge in [0, 0.05) is 12.6 Å². The standard InChI is InChI=1S/C16H21N3O2/c1-2-11-17-15(20)13-9-6-10-14(19-13)16(21)18-12-7-4-3-5-8-12/h2,6,9-10,12H,1,3-5,7-8,11H2,(H,17,20)(H,18,21). The number of rotatable bonds is 5. The summed E-state index contributed by atoms with van der Waals surface area (Å²) >= 11 is 0. The number of pyridine rings is 1. The van der Waals surface area contributed by atoms with Gasteiger partial charge in [-0.2, -0.15) is 0 Å². The number of aromatic nitrogens is 1. The molecule has 1 aromatic heterocycles. The van der Waals surface area contributed by atoms with E-state index in [2.05, 4.69) is 22.2 Å². The summed E-state index contributed by atoms with van der Waals surface area (Å²) in [5.74, 6) is -0.512. The first kappa shape index (κ1) is 15.2.